The molecule has 0 aliphatic heterocycles. The van der Waals surface area contributed by atoms with Crippen LogP contribution in [0.15, 0.2) is 60.7 Å². The average molecular weight is 246 g/mol. The van der Waals surface area contributed by atoms with Crippen LogP contribution in [0.2, 0.25) is 0 Å². The van der Waals surface area contributed by atoms with Gasteiger partial charge in [-0.05, 0) is 24.3 Å². The van der Waals surface area contributed by atoms with Crippen LogP contribution in [0.3, 0.4) is 0 Å². The van der Waals surface area contributed by atoms with E-state index in [0.717, 1.165) is 11.4 Å². The van der Waals surface area contributed by atoms with E-state index in [4.69, 9.17) is 0 Å². The molecule has 2 rings (SSSR count). The summed E-state index contributed by atoms with van der Waals surface area (Å²) in [4.78, 5) is 0. The van der Waals surface area contributed by atoms with Crippen molar-refractivity contribution < 1.29 is 4.57 Å². The first kappa shape index (κ1) is 11.7. The first-order valence-electron chi connectivity index (χ1n) is 5.40. The van der Waals surface area contributed by atoms with Crippen molar-refractivity contribution in [3.05, 3.63) is 60.7 Å². The first-order valence-corrected chi connectivity index (χ1v) is 7.55. The minimum absolute atomic E-state index is 0.849. The fourth-order valence-electron chi connectivity index (χ4n) is 1.55. The van der Waals surface area contributed by atoms with E-state index in [0.29, 0.717) is 0 Å². The molecule has 0 heterocycles. The second-order valence-electron chi connectivity index (χ2n) is 3.88. The summed E-state index contributed by atoms with van der Waals surface area (Å²) in [7, 11) is -2.64. The van der Waals surface area contributed by atoms with Crippen molar-refractivity contribution in [1.82, 2.24) is 0 Å². The molecule has 0 atom stereocenters. The summed E-state index contributed by atoms with van der Waals surface area (Å²) < 4.78 is 12.3. The van der Waals surface area contributed by atoms with Gasteiger partial charge >= 0.3 is 0 Å². The molecule has 3 nitrogen and oxygen atoms in total. The van der Waals surface area contributed by atoms with Crippen molar-refractivity contribution in [2.24, 2.45) is 0 Å². The Labute approximate surface area is 101 Å². The monoisotopic (exact) mass is 246 g/mol. The molecule has 0 spiro atoms. The lowest BCUT2D eigenvalue weighted by molar-refractivity contribution is 0.585. The highest BCUT2D eigenvalue weighted by Gasteiger charge is 2.13. The molecule has 0 fully saturated rings. The number of benzene rings is 2. The highest BCUT2D eigenvalue weighted by molar-refractivity contribution is 7.66. The van der Waals surface area contributed by atoms with Crippen LogP contribution >= 0.6 is 7.44 Å². The third-order valence-corrected chi connectivity index (χ3v) is 3.60. The smallest absolute Gasteiger partial charge is 0.254 e. The third kappa shape index (κ3) is 3.65. The number of anilines is 2. The lowest BCUT2D eigenvalue weighted by atomic mass is 10.3. The van der Waals surface area contributed by atoms with E-state index in [1.807, 2.05) is 60.7 Å². The minimum Gasteiger partial charge on any atom is -0.321 e. The van der Waals surface area contributed by atoms with Crippen LogP contribution in [0.5, 0.6) is 0 Å². The van der Waals surface area contributed by atoms with Crippen LogP contribution in [-0.2, 0) is 4.57 Å². The van der Waals surface area contributed by atoms with Gasteiger partial charge in [-0.2, -0.15) is 0 Å². The summed E-state index contributed by atoms with van der Waals surface area (Å²) in [6.07, 6.45) is 0. The zero-order chi connectivity index (χ0) is 12.1. The fraction of sp³-hybridized carbons (Fsp3) is 0.0769. The van der Waals surface area contributed by atoms with Gasteiger partial charge in [0.05, 0.1) is 0 Å². The Hall–Kier alpha value is -1.73. The third-order valence-electron chi connectivity index (χ3n) is 2.23. The molecule has 0 bridgehead atoms. The average Bonchev–Trinajstić information content (AvgIpc) is 2.30. The van der Waals surface area contributed by atoms with E-state index in [9.17, 15) is 4.57 Å². The number of hydrogen-bond donors (Lipinski definition) is 2. The standard InChI is InChI=1S/C13H15N2OP/c1-17(16,14-12-8-4-2-5-9-12)15-13-10-6-3-7-11-13/h2-11H,1H3,(H2,14,15,16). The first-order chi connectivity index (χ1) is 8.16. The van der Waals surface area contributed by atoms with E-state index >= 15 is 0 Å². The molecule has 4 heteroatoms. The maximum Gasteiger partial charge on any atom is 0.254 e. The molecule has 2 N–H and O–H groups in total. The second kappa shape index (κ2) is 5.07. The van der Waals surface area contributed by atoms with Gasteiger partial charge in [0, 0.05) is 18.0 Å². The molecular formula is C13H15N2OP. The highest BCUT2D eigenvalue weighted by Crippen LogP contribution is 2.41. The van der Waals surface area contributed by atoms with Crippen LogP contribution in [-0.4, -0.2) is 6.66 Å². The Bertz CT molecular complexity index is 468. The Balaban J connectivity index is 2.07. The quantitative estimate of drug-likeness (QED) is 0.800. The summed E-state index contributed by atoms with van der Waals surface area (Å²) in [5.74, 6) is 0. The van der Waals surface area contributed by atoms with Crippen molar-refractivity contribution in [2.45, 2.75) is 0 Å². The molecular weight excluding hydrogens is 231 g/mol. The molecule has 0 amide bonds. The molecule has 0 unspecified atom stereocenters. The number of rotatable bonds is 4. The van der Waals surface area contributed by atoms with Crippen molar-refractivity contribution in [2.75, 3.05) is 16.8 Å². The highest BCUT2D eigenvalue weighted by atomic mass is 31.2. The van der Waals surface area contributed by atoms with Gasteiger partial charge in [-0.15, -0.1) is 0 Å². The van der Waals surface area contributed by atoms with Gasteiger partial charge in [0.2, 0.25) is 0 Å². The van der Waals surface area contributed by atoms with Gasteiger partial charge in [-0.1, -0.05) is 36.4 Å². The Morgan fingerprint density at radius 2 is 1.12 bits per heavy atom. The molecule has 2 aromatic rings. The van der Waals surface area contributed by atoms with Crippen LogP contribution in [0.1, 0.15) is 0 Å². The van der Waals surface area contributed by atoms with Gasteiger partial charge in [0.25, 0.3) is 7.44 Å². The van der Waals surface area contributed by atoms with E-state index in [2.05, 4.69) is 10.2 Å². The van der Waals surface area contributed by atoms with E-state index in [-0.39, 0.29) is 0 Å². The summed E-state index contributed by atoms with van der Waals surface area (Å²) in [6.45, 7) is 1.67. The molecule has 0 aromatic heterocycles. The minimum atomic E-state index is -2.64. The normalized spacial score (nSPS) is 10.9. The van der Waals surface area contributed by atoms with E-state index in [1.165, 1.54) is 0 Å². The summed E-state index contributed by atoms with van der Waals surface area (Å²) in [6, 6.07) is 19.1. The molecule has 2 aromatic carbocycles. The molecule has 0 aliphatic carbocycles. The van der Waals surface area contributed by atoms with Crippen molar-refractivity contribution in [3.8, 4) is 0 Å². The Kier molecular flexibility index (Phi) is 3.50. The van der Waals surface area contributed by atoms with Crippen molar-refractivity contribution in [3.63, 3.8) is 0 Å². The van der Waals surface area contributed by atoms with E-state index in [1.54, 1.807) is 6.66 Å². The van der Waals surface area contributed by atoms with Crippen LogP contribution in [0.25, 0.3) is 0 Å². The maximum absolute atomic E-state index is 12.3. The predicted molar refractivity (Wildman–Crippen MR) is 73.7 cm³/mol. The van der Waals surface area contributed by atoms with Gasteiger partial charge < -0.3 is 10.2 Å². The molecule has 0 saturated carbocycles. The number of nitrogens with one attached hydrogen (secondary N) is 2. The van der Waals surface area contributed by atoms with Gasteiger partial charge in [0.1, 0.15) is 0 Å². The number of hydrogen-bond acceptors (Lipinski definition) is 1. The number of para-hydroxylation sites is 2. The Morgan fingerprint density at radius 3 is 1.47 bits per heavy atom. The molecule has 0 radical (unpaired) electrons. The van der Waals surface area contributed by atoms with Crippen LogP contribution in [0, 0.1) is 0 Å². The fourth-order valence-corrected chi connectivity index (χ4v) is 2.89. The lowest BCUT2D eigenvalue weighted by Crippen LogP contribution is -2.04. The zero-order valence-electron chi connectivity index (χ0n) is 9.63. The summed E-state index contributed by atoms with van der Waals surface area (Å²) in [5, 5.41) is 6.02. The van der Waals surface area contributed by atoms with Crippen LogP contribution in [0.4, 0.5) is 11.4 Å². The SMILES string of the molecule is CP(=O)(Nc1ccccc1)Nc1ccccc1. The second-order valence-corrected chi connectivity index (χ2v) is 6.18. The Morgan fingerprint density at radius 1 is 0.765 bits per heavy atom. The molecule has 0 saturated heterocycles. The summed E-state index contributed by atoms with van der Waals surface area (Å²) >= 11 is 0. The van der Waals surface area contributed by atoms with Crippen molar-refractivity contribution >= 4 is 18.8 Å². The predicted octanol–water partition coefficient (Wildman–Crippen LogP) is 4.03. The van der Waals surface area contributed by atoms with Gasteiger partial charge in [-0.3, -0.25) is 4.57 Å². The largest absolute Gasteiger partial charge is 0.321 e. The maximum atomic E-state index is 12.3. The molecule has 0 aliphatic rings. The van der Waals surface area contributed by atoms with Crippen molar-refractivity contribution in [1.29, 1.82) is 0 Å². The molecule has 88 valence electrons. The van der Waals surface area contributed by atoms with Gasteiger partial charge in [-0.25, -0.2) is 0 Å². The topological polar surface area (TPSA) is 41.1 Å². The molecule has 17 heavy (non-hydrogen) atoms. The summed E-state index contributed by atoms with van der Waals surface area (Å²) in [5.41, 5.74) is 1.70. The van der Waals surface area contributed by atoms with E-state index < -0.39 is 7.44 Å². The van der Waals surface area contributed by atoms with Crippen LogP contribution < -0.4 is 10.2 Å². The zero-order valence-corrected chi connectivity index (χ0v) is 10.5. The lowest BCUT2D eigenvalue weighted by Gasteiger charge is -2.18. The van der Waals surface area contributed by atoms with Gasteiger partial charge in [0.15, 0.2) is 0 Å².